The van der Waals surface area contributed by atoms with Crippen molar-refractivity contribution in [2.75, 3.05) is 5.32 Å². The van der Waals surface area contributed by atoms with E-state index in [0.717, 1.165) is 29.4 Å². The Kier molecular flexibility index (Phi) is 3.92. The first-order valence-electron chi connectivity index (χ1n) is 7.84. The molecule has 3 nitrogen and oxygen atoms in total. The number of anilines is 1. The molecule has 0 atom stereocenters. The lowest BCUT2D eigenvalue weighted by Gasteiger charge is -2.19. The molecule has 0 unspecified atom stereocenters. The number of hydrogen-bond donors (Lipinski definition) is 1. The molecule has 114 valence electrons. The van der Waals surface area contributed by atoms with E-state index < -0.39 is 0 Å². The van der Waals surface area contributed by atoms with Crippen molar-refractivity contribution in [3.05, 3.63) is 29.1 Å². The summed E-state index contributed by atoms with van der Waals surface area (Å²) in [4.78, 5) is 19.6. The van der Waals surface area contributed by atoms with Crippen LogP contribution in [0.1, 0.15) is 37.0 Å². The van der Waals surface area contributed by atoms with Crippen molar-refractivity contribution >= 4 is 34.1 Å². The van der Waals surface area contributed by atoms with E-state index in [1.807, 2.05) is 17.8 Å². The summed E-state index contributed by atoms with van der Waals surface area (Å²) in [5, 5.41) is 3.82. The number of hydrogen-bond acceptors (Lipinski definition) is 4. The highest BCUT2D eigenvalue weighted by atomic mass is 32.2. The Morgan fingerprint density at radius 3 is 2.86 bits per heavy atom. The smallest absolute Gasteiger partial charge is 0.229 e. The lowest BCUT2D eigenvalue weighted by Crippen LogP contribution is -2.24. The molecule has 4 rings (SSSR count). The van der Waals surface area contributed by atoms with Gasteiger partial charge in [-0.3, -0.25) is 4.79 Å². The molecule has 1 saturated carbocycles. The van der Waals surface area contributed by atoms with Crippen LogP contribution in [0.2, 0.25) is 0 Å². The van der Waals surface area contributed by atoms with Crippen LogP contribution in [0.5, 0.6) is 0 Å². The van der Waals surface area contributed by atoms with Gasteiger partial charge in [0.1, 0.15) is 0 Å². The van der Waals surface area contributed by atoms with Crippen LogP contribution in [-0.2, 0) is 10.5 Å². The van der Waals surface area contributed by atoms with Gasteiger partial charge in [-0.2, -0.15) is 0 Å². The highest BCUT2D eigenvalue weighted by Gasteiger charge is 2.25. The minimum Gasteiger partial charge on any atom is -0.302 e. The fourth-order valence-corrected chi connectivity index (χ4v) is 5.32. The van der Waals surface area contributed by atoms with Crippen molar-refractivity contribution in [2.45, 2.75) is 42.8 Å². The number of carbonyl (C=O) groups is 1. The summed E-state index contributed by atoms with van der Waals surface area (Å²) in [6, 6.07) is 8.37. The number of rotatable bonds is 2. The monoisotopic (exact) mass is 330 g/mol. The van der Waals surface area contributed by atoms with Crippen LogP contribution >= 0.6 is 23.1 Å². The van der Waals surface area contributed by atoms with E-state index >= 15 is 0 Å². The lowest BCUT2D eigenvalue weighted by molar-refractivity contribution is -0.120. The first kappa shape index (κ1) is 14.3. The number of carbonyl (C=O) groups excluding carboxylic acids is 1. The molecule has 0 spiro atoms. The van der Waals surface area contributed by atoms with Crippen molar-refractivity contribution in [3.8, 4) is 11.3 Å². The Morgan fingerprint density at radius 1 is 1.18 bits per heavy atom. The van der Waals surface area contributed by atoms with Gasteiger partial charge in [0.25, 0.3) is 0 Å². The predicted octanol–water partition coefficient (Wildman–Crippen LogP) is 4.93. The number of benzene rings is 1. The third-order valence-electron chi connectivity index (χ3n) is 4.40. The summed E-state index contributed by atoms with van der Waals surface area (Å²) in [6.45, 7) is 0. The molecule has 0 bridgehead atoms. The van der Waals surface area contributed by atoms with Gasteiger partial charge in [-0.1, -0.05) is 37.5 Å². The summed E-state index contributed by atoms with van der Waals surface area (Å²) in [6.07, 6.45) is 5.67. The molecular weight excluding hydrogens is 312 g/mol. The number of nitrogens with one attached hydrogen (secondary N) is 1. The average molecular weight is 330 g/mol. The number of aromatic nitrogens is 1. The van der Waals surface area contributed by atoms with Crippen LogP contribution in [0.3, 0.4) is 0 Å². The van der Waals surface area contributed by atoms with E-state index in [-0.39, 0.29) is 11.8 Å². The summed E-state index contributed by atoms with van der Waals surface area (Å²) < 4.78 is 0. The Hall–Kier alpha value is -1.33. The quantitative estimate of drug-likeness (QED) is 0.848. The first-order chi connectivity index (χ1) is 10.8. The molecule has 1 aliphatic carbocycles. The van der Waals surface area contributed by atoms with Gasteiger partial charge in [0.05, 0.1) is 5.69 Å². The zero-order valence-corrected chi connectivity index (χ0v) is 13.9. The van der Waals surface area contributed by atoms with Gasteiger partial charge >= 0.3 is 0 Å². The predicted molar refractivity (Wildman–Crippen MR) is 92.3 cm³/mol. The molecule has 1 aliphatic heterocycles. The van der Waals surface area contributed by atoms with Gasteiger partial charge in [-0.05, 0) is 18.9 Å². The van der Waals surface area contributed by atoms with E-state index in [1.54, 1.807) is 11.3 Å². The van der Waals surface area contributed by atoms with E-state index in [2.05, 4.69) is 23.5 Å². The molecule has 22 heavy (non-hydrogen) atoms. The highest BCUT2D eigenvalue weighted by molar-refractivity contribution is 7.98. The molecular formula is C17H18N2OS2. The second-order valence-corrected chi connectivity index (χ2v) is 8.00. The maximum atomic E-state index is 12.4. The van der Waals surface area contributed by atoms with Gasteiger partial charge in [0.15, 0.2) is 5.13 Å². The van der Waals surface area contributed by atoms with Gasteiger partial charge in [-0.25, -0.2) is 4.98 Å². The summed E-state index contributed by atoms with van der Waals surface area (Å²) >= 11 is 3.48. The number of thioether (sulfide) groups is 1. The van der Waals surface area contributed by atoms with Crippen LogP contribution in [0.25, 0.3) is 11.3 Å². The Labute approximate surface area is 138 Å². The zero-order valence-electron chi connectivity index (χ0n) is 12.3. The van der Waals surface area contributed by atoms with Crippen LogP contribution in [0.4, 0.5) is 5.13 Å². The molecule has 0 radical (unpaired) electrons. The fraction of sp³-hybridized carbons (Fsp3) is 0.412. The van der Waals surface area contributed by atoms with E-state index in [0.29, 0.717) is 0 Å². The minimum absolute atomic E-state index is 0.159. The summed E-state index contributed by atoms with van der Waals surface area (Å²) in [7, 11) is 0. The topological polar surface area (TPSA) is 42.0 Å². The van der Waals surface area contributed by atoms with Gasteiger partial charge in [-0.15, -0.1) is 23.1 Å². The number of nitrogens with zero attached hydrogens (tertiary/aromatic N) is 1. The second kappa shape index (κ2) is 6.05. The molecule has 0 saturated heterocycles. The number of amides is 1. The van der Waals surface area contributed by atoms with Crippen LogP contribution in [0, 0.1) is 5.92 Å². The second-order valence-electron chi connectivity index (χ2n) is 5.90. The SMILES string of the molecule is O=C(Nc1nc2c(s1)CSc1ccccc1-2)C1CCCCC1. The van der Waals surface area contributed by atoms with Crippen molar-refractivity contribution in [2.24, 2.45) is 5.92 Å². The first-order valence-corrected chi connectivity index (χ1v) is 9.64. The molecule has 1 aromatic carbocycles. The third kappa shape index (κ3) is 2.68. The van der Waals surface area contributed by atoms with Crippen LogP contribution < -0.4 is 5.32 Å². The number of fused-ring (bicyclic) bond motifs is 3. The van der Waals surface area contributed by atoms with Crippen molar-refractivity contribution < 1.29 is 4.79 Å². The third-order valence-corrected chi connectivity index (χ3v) is 6.66. The fourth-order valence-electron chi connectivity index (χ4n) is 3.22. The van der Waals surface area contributed by atoms with Gasteiger partial charge in [0.2, 0.25) is 5.91 Å². The van der Waals surface area contributed by atoms with E-state index in [1.165, 1.54) is 34.6 Å². The molecule has 2 aromatic rings. The standard InChI is InChI=1S/C17H18N2OS2/c20-16(11-6-2-1-3-7-11)19-17-18-15-12-8-4-5-9-13(12)21-10-14(15)22-17/h4-5,8-9,11H,1-3,6-7,10H2,(H,18,19,20). The number of thiazole rings is 1. The van der Waals surface area contributed by atoms with Crippen LogP contribution in [0.15, 0.2) is 29.2 Å². The maximum Gasteiger partial charge on any atom is 0.229 e. The molecule has 1 amide bonds. The van der Waals surface area contributed by atoms with Crippen LogP contribution in [-0.4, -0.2) is 10.9 Å². The maximum absolute atomic E-state index is 12.4. The summed E-state index contributed by atoms with van der Waals surface area (Å²) in [5.41, 5.74) is 2.25. The van der Waals surface area contributed by atoms with Crippen molar-refractivity contribution in [1.29, 1.82) is 0 Å². The molecule has 2 aliphatic rings. The Morgan fingerprint density at radius 2 is 2.00 bits per heavy atom. The zero-order chi connectivity index (χ0) is 14.9. The molecule has 1 fully saturated rings. The van der Waals surface area contributed by atoms with Crippen molar-refractivity contribution in [3.63, 3.8) is 0 Å². The molecule has 5 heteroatoms. The molecule has 1 N–H and O–H groups in total. The van der Waals surface area contributed by atoms with E-state index in [4.69, 9.17) is 4.98 Å². The minimum atomic E-state index is 0.159. The lowest BCUT2D eigenvalue weighted by atomic mass is 9.89. The highest BCUT2D eigenvalue weighted by Crippen LogP contribution is 2.44. The van der Waals surface area contributed by atoms with Gasteiger partial charge < -0.3 is 5.32 Å². The normalized spacial score (nSPS) is 17.6. The van der Waals surface area contributed by atoms with Crippen molar-refractivity contribution in [1.82, 2.24) is 4.98 Å². The molecule has 1 aromatic heterocycles. The largest absolute Gasteiger partial charge is 0.302 e. The van der Waals surface area contributed by atoms with E-state index in [9.17, 15) is 4.79 Å². The average Bonchev–Trinajstić information content (AvgIpc) is 2.98. The Balaban J connectivity index is 1.56. The van der Waals surface area contributed by atoms with Gasteiger partial charge in [0, 0.05) is 27.0 Å². The summed E-state index contributed by atoms with van der Waals surface area (Å²) in [5.74, 6) is 1.28. The Bertz CT molecular complexity index is 704. The molecule has 2 heterocycles.